The van der Waals surface area contributed by atoms with Crippen molar-refractivity contribution < 1.29 is 4.79 Å². The van der Waals surface area contributed by atoms with Crippen molar-refractivity contribution in [3.8, 4) is 6.07 Å². The molecule has 2 nitrogen and oxygen atoms in total. The van der Waals surface area contributed by atoms with Gasteiger partial charge in [-0.3, -0.25) is 4.79 Å². The van der Waals surface area contributed by atoms with Crippen LogP contribution in [0.15, 0.2) is 28.7 Å². The number of hydrogen-bond acceptors (Lipinski definition) is 2. The number of carbonyl (C=O) groups is 1. The number of benzene rings is 1. The number of carbonyl (C=O) groups excluding carboxylic acids is 1. The maximum absolute atomic E-state index is 11.2. The molecular weight excluding hydrogens is 266 g/mol. The fourth-order valence-electron chi connectivity index (χ4n) is 2.21. The smallest absolute Gasteiger partial charge is 0.133 e. The number of halogens is 1. The predicted molar refractivity (Wildman–Crippen MR) is 64.9 cm³/mol. The lowest BCUT2D eigenvalue weighted by Crippen LogP contribution is -2.30. The molecule has 0 unspecified atom stereocenters. The van der Waals surface area contributed by atoms with Crippen molar-refractivity contribution >= 4 is 21.7 Å². The van der Waals surface area contributed by atoms with Crippen LogP contribution in [-0.4, -0.2) is 5.78 Å². The molecular formula is C13H12BrNO. The lowest BCUT2D eigenvalue weighted by molar-refractivity contribution is -0.120. The maximum atomic E-state index is 11.2. The van der Waals surface area contributed by atoms with Gasteiger partial charge in [-0.25, -0.2) is 0 Å². The quantitative estimate of drug-likeness (QED) is 0.790. The molecule has 0 heterocycles. The average Bonchev–Trinajstić information content (AvgIpc) is 2.31. The molecule has 1 aromatic carbocycles. The second-order valence-corrected chi connectivity index (χ2v) is 5.16. The van der Waals surface area contributed by atoms with Gasteiger partial charge in [-0.2, -0.15) is 5.26 Å². The third-order valence-electron chi connectivity index (χ3n) is 3.25. The first-order valence-corrected chi connectivity index (χ1v) is 6.15. The number of nitriles is 1. The van der Waals surface area contributed by atoms with E-state index < -0.39 is 5.41 Å². The van der Waals surface area contributed by atoms with E-state index in [1.54, 1.807) is 0 Å². The Balaban J connectivity index is 2.36. The molecule has 1 fully saturated rings. The van der Waals surface area contributed by atoms with Gasteiger partial charge in [0.1, 0.15) is 5.78 Å². The lowest BCUT2D eigenvalue weighted by atomic mass is 9.70. The number of rotatable bonds is 1. The third-order valence-corrected chi connectivity index (χ3v) is 3.75. The van der Waals surface area contributed by atoms with Crippen molar-refractivity contribution in [1.29, 1.82) is 5.26 Å². The van der Waals surface area contributed by atoms with Gasteiger partial charge in [0.25, 0.3) is 0 Å². The molecule has 0 saturated heterocycles. The van der Waals surface area contributed by atoms with Gasteiger partial charge in [0, 0.05) is 17.3 Å². The van der Waals surface area contributed by atoms with Crippen molar-refractivity contribution in [3.05, 3.63) is 34.3 Å². The summed E-state index contributed by atoms with van der Waals surface area (Å²) >= 11 is 3.42. The van der Waals surface area contributed by atoms with Crippen molar-refractivity contribution in [2.24, 2.45) is 0 Å². The molecule has 0 amide bonds. The minimum Gasteiger partial charge on any atom is -0.300 e. The Morgan fingerprint density at radius 2 is 2.00 bits per heavy atom. The highest BCUT2D eigenvalue weighted by atomic mass is 79.9. The molecule has 0 aliphatic heterocycles. The van der Waals surface area contributed by atoms with Crippen molar-refractivity contribution in [3.63, 3.8) is 0 Å². The lowest BCUT2D eigenvalue weighted by Gasteiger charge is -2.30. The zero-order valence-electron chi connectivity index (χ0n) is 8.87. The van der Waals surface area contributed by atoms with Gasteiger partial charge in [0.15, 0.2) is 0 Å². The highest BCUT2D eigenvalue weighted by Gasteiger charge is 2.36. The number of hydrogen-bond donors (Lipinski definition) is 0. The van der Waals surface area contributed by atoms with Crippen LogP contribution in [0.2, 0.25) is 0 Å². The highest BCUT2D eigenvalue weighted by molar-refractivity contribution is 9.10. The molecule has 0 atom stereocenters. The summed E-state index contributed by atoms with van der Waals surface area (Å²) in [5.41, 5.74) is 0.564. The first-order chi connectivity index (χ1) is 7.66. The Hall–Kier alpha value is -1.14. The summed E-state index contributed by atoms with van der Waals surface area (Å²) in [6, 6.07) is 10.3. The largest absolute Gasteiger partial charge is 0.300 e. The average molecular weight is 278 g/mol. The SMILES string of the molecule is N#CC1(c2cccc(Br)c2)CCC(=O)CC1. The monoisotopic (exact) mass is 277 g/mol. The molecule has 1 aromatic rings. The van der Waals surface area contributed by atoms with Crippen LogP contribution in [-0.2, 0) is 10.2 Å². The first-order valence-electron chi connectivity index (χ1n) is 5.35. The second-order valence-electron chi connectivity index (χ2n) is 4.24. The van der Waals surface area contributed by atoms with Gasteiger partial charge in [-0.1, -0.05) is 28.1 Å². The standard InChI is InChI=1S/C13H12BrNO/c14-11-3-1-2-10(8-11)13(9-15)6-4-12(16)5-7-13/h1-3,8H,4-7H2. The van der Waals surface area contributed by atoms with E-state index in [1.165, 1.54) is 0 Å². The molecule has 1 aliphatic carbocycles. The molecule has 1 saturated carbocycles. The summed E-state index contributed by atoms with van der Waals surface area (Å²) < 4.78 is 0.983. The summed E-state index contributed by atoms with van der Waals surface area (Å²) in [7, 11) is 0. The predicted octanol–water partition coefficient (Wildman–Crippen LogP) is 3.35. The molecule has 0 spiro atoms. The van der Waals surface area contributed by atoms with E-state index >= 15 is 0 Å². The Morgan fingerprint density at radius 1 is 1.31 bits per heavy atom. The molecule has 0 N–H and O–H groups in total. The maximum Gasteiger partial charge on any atom is 0.133 e. The van der Waals surface area contributed by atoms with E-state index in [9.17, 15) is 10.1 Å². The fraction of sp³-hybridized carbons (Fsp3) is 0.385. The zero-order chi connectivity index (χ0) is 11.6. The van der Waals surface area contributed by atoms with Gasteiger partial charge in [0.05, 0.1) is 11.5 Å². The number of nitrogens with zero attached hydrogens (tertiary/aromatic N) is 1. The van der Waals surface area contributed by atoms with Crippen molar-refractivity contribution in [2.45, 2.75) is 31.1 Å². The first kappa shape index (κ1) is 11.3. The highest BCUT2D eigenvalue weighted by Crippen LogP contribution is 2.38. The van der Waals surface area contributed by atoms with Gasteiger partial charge in [0.2, 0.25) is 0 Å². The van der Waals surface area contributed by atoms with E-state index in [0.717, 1.165) is 10.0 Å². The topological polar surface area (TPSA) is 40.9 Å². The Bertz CT molecular complexity index is 451. The molecule has 0 bridgehead atoms. The van der Waals surface area contributed by atoms with Crippen LogP contribution in [0.25, 0.3) is 0 Å². The Kier molecular flexibility index (Phi) is 3.11. The summed E-state index contributed by atoms with van der Waals surface area (Å²) in [5.74, 6) is 0.279. The van der Waals surface area contributed by atoms with Crippen LogP contribution in [0.3, 0.4) is 0 Å². The summed E-state index contributed by atoms with van der Waals surface area (Å²) in [6.45, 7) is 0. The van der Waals surface area contributed by atoms with Gasteiger partial charge in [-0.05, 0) is 30.5 Å². The van der Waals surface area contributed by atoms with Crippen LogP contribution in [0.5, 0.6) is 0 Å². The minimum atomic E-state index is -0.461. The van der Waals surface area contributed by atoms with Crippen LogP contribution < -0.4 is 0 Å². The Labute approximate surface area is 103 Å². The number of ketones is 1. The van der Waals surface area contributed by atoms with E-state index in [2.05, 4.69) is 22.0 Å². The summed E-state index contributed by atoms with van der Waals surface area (Å²) in [6.07, 6.45) is 2.36. The van der Waals surface area contributed by atoms with Crippen LogP contribution >= 0.6 is 15.9 Å². The second kappa shape index (κ2) is 4.39. The van der Waals surface area contributed by atoms with Crippen LogP contribution in [0.4, 0.5) is 0 Å². The molecule has 1 aliphatic rings. The van der Waals surface area contributed by atoms with Crippen LogP contribution in [0.1, 0.15) is 31.2 Å². The molecule has 3 heteroatoms. The number of Topliss-reactive ketones (excluding diaryl/α,β-unsaturated/α-hetero) is 1. The van der Waals surface area contributed by atoms with E-state index in [0.29, 0.717) is 25.7 Å². The van der Waals surface area contributed by atoms with Crippen LogP contribution in [0, 0.1) is 11.3 Å². The molecule has 82 valence electrons. The molecule has 2 rings (SSSR count). The third kappa shape index (κ3) is 2.03. The molecule has 0 aromatic heterocycles. The van der Waals surface area contributed by atoms with Gasteiger partial charge in [-0.15, -0.1) is 0 Å². The van der Waals surface area contributed by atoms with Gasteiger partial charge >= 0.3 is 0 Å². The fourth-order valence-corrected chi connectivity index (χ4v) is 2.61. The molecule has 0 radical (unpaired) electrons. The molecule has 16 heavy (non-hydrogen) atoms. The van der Waals surface area contributed by atoms with Crippen molar-refractivity contribution in [2.75, 3.05) is 0 Å². The Morgan fingerprint density at radius 3 is 2.56 bits per heavy atom. The van der Waals surface area contributed by atoms with Crippen molar-refractivity contribution in [1.82, 2.24) is 0 Å². The zero-order valence-corrected chi connectivity index (χ0v) is 10.5. The normalized spacial score (nSPS) is 19.1. The van der Waals surface area contributed by atoms with E-state index in [4.69, 9.17) is 0 Å². The van der Waals surface area contributed by atoms with E-state index in [-0.39, 0.29) is 5.78 Å². The van der Waals surface area contributed by atoms with Gasteiger partial charge < -0.3 is 0 Å². The van der Waals surface area contributed by atoms with E-state index in [1.807, 2.05) is 24.3 Å². The summed E-state index contributed by atoms with van der Waals surface area (Å²) in [4.78, 5) is 11.2. The minimum absolute atomic E-state index is 0.279. The summed E-state index contributed by atoms with van der Waals surface area (Å²) in [5, 5.41) is 9.40.